The second-order valence-corrected chi connectivity index (χ2v) is 1.91. The fourth-order valence-electron chi connectivity index (χ4n) is 0.675. The maximum Gasteiger partial charge on any atom is 0.219 e. The lowest BCUT2D eigenvalue weighted by molar-refractivity contribution is 0.318. The molecule has 0 bridgehead atoms. The van der Waals surface area contributed by atoms with Crippen LogP contribution in [0.5, 0.6) is 0 Å². The number of guanidine groups is 1. The summed E-state index contributed by atoms with van der Waals surface area (Å²) in [6, 6.07) is 0. The minimum atomic E-state index is -0.822. The van der Waals surface area contributed by atoms with Crippen LogP contribution in [0.4, 0.5) is 0 Å². The fraction of sp³-hybridized carbons (Fsp3) is 0.250. The van der Waals surface area contributed by atoms with Crippen LogP contribution in [-0.4, -0.2) is 28.9 Å². The summed E-state index contributed by atoms with van der Waals surface area (Å²) in [6.45, 7) is 0. The summed E-state index contributed by atoms with van der Waals surface area (Å²) in [6.07, 6.45) is -0.822. The van der Waals surface area contributed by atoms with Crippen LogP contribution >= 0.6 is 0 Å². The molecule has 0 radical (unpaired) electrons. The number of aliphatic imine (C=N–C) groups is 2. The van der Waals surface area contributed by atoms with Gasteiger partial charge in [0.15, 0.2) is 17.7 Å². The van der Waals surface area contributed by atoms with Gasteiger partial charge in [0.05, 0.1) is 0 Å². The van der Waals surface area contributed by atoms with E-state index in [1.165, 1.54) is 0 Å². The van der Waals surface area contributed by atoms with Gasteiger partial charge in [0.25, 0.3) is 0 Å². The summed E-state index contributed by atoms with van der Waals surface area (Å²) >= 11 is 0. The highest BCUT2D eigenvalue weighted by Gasteiger charge is 2.19. The number of hydrogen-bond acceptors (Lipinski definition) is 7. The molecule has 7 heteroatoms. The van der Waals surface area contributed by atoms with Gasteiger partial charge in [-0.05, 0) is 0 Å². The molecule has 1 heterocycles. The van der Waals surface area contributed by atoms with Gasteiger partial charge in [-0.2, -0.15) is 4.99 Å². The summed E-state index contributed by atoms with van der Waals surface area (Å²) in [5.41, 5.74) is 15.9. The van der Waals surface area contributed by atoms with E-state index >= 15 is 0 Å². The highest BCUT2D eigenvalue weighted by atomic mass is 16.4. The summed E-state index contributed by atoms with van der Waals surface area (Å²) in [5, 5.41) is 11.2. The van der Waals surface area contributed by atoms with Crippen molar-refractivity contribution in [2.45, 2.75) is 6.17 Å². The Morgan fingerprint density at radius 2 is 2.09 bits per heavy atom. The molecule has 1 unspecified atom stereocenters. The quantitative estimate of drug-likeness (QED) is 0.233. The Hall–Kier alpha value is -1.63. The van der Waals surface area contributed by atoms with Gasteiger partial charge in [0.2, 0.25) is 5.96 Å². The molecular weight excluding hydrogens is 148 g/mol. The molecule has 1 aliphatic heterocycles. The van der Waals surface area contributed by atoms with Crippen molar-refractivity contribution in [1.29, 1.82) is 0 Å². The van der Waals surface area contributed by atoms with Gasteiger partial charge in [-0.15, -0.1) is 0 Å². The Morgan fingerprint density at radius 3 is 2.55 bits per heavy atom. The van der Waals surface area contributed by atoms with Crippen LogP contribution in [0, 0.1) is 0 Å². The van der Waals surface area contributed by atoms with Crippen molar-refractivity contribution in [3.05, 3.63) is 0 Å². The van der Waals surface area contributed by atoms with Gasteiger partial charge in [-0.3, -0.25) is 0 Å². The predicted octanol–water partition coefficient (Wildman–Crippen LogP) is -2.21. The maximum atomic E-state index is 8.36. The van der Waals surface area contributed by atoms with Crippen LogP contribution in [0.15, 0.2) is 15.1 Å². The average Bonchev–Trinajstić information content (AvgIpc) is 1.85. The average molecular weight is 156 g/mol. The third kappa shape index (κ3) is 1.27. The summed E-state index contributed by atoms with van der Waals surface area (Å²) in [7, 11) is 0. The Balaban J connectivity index is 3.01. The lowest BCUT2D eigenvalue weighted by Gasteiger charge is -2.12. The van der Waals surface area contributed by atoms with Crippen molar-refractivity contribution in [1.82, 2.24) is 0 Å². The Kier molecular flexibility index (Phi) is 1.73. The van der Waals surface area contributed by atoms with Gasteiger partial charge in [0.1, 0.15) is 0 Å². The van der Waals surface area contributed by atoms with Gasteiger partial charge in [-0.25, -0.2) is 4.99 Å². The van der Waals surface area contributed by atoms with Crippen LogP contribution in [0.25, 0.3) is 0 Å². The van der Waals surface area contributed by atoms with E-state index in [0.717, 1.165) is 0 Å². The van der Waals surface area contributed by atoms with E-state index in [4.69, 9.17) is 22.4 Å². The number of rotatable bonds is 0. The molecule has 0 aromatic heterocycles. The Bertz CT molecular complexity index is 253. The van der Waals surface area contributed by atoms with E-state index in [9.17, 15) is 0 Å². The fourth-order valence-corrected chi connectivity index (χ4v) is 0.675. The highest BCUT2D eigenvalue weighted by Crippen LogP contribution is 1.95. The van der Waals surface area contributed by atoms with Crippen molar-refractivity contribution in [3.8, 4) is 0 Å². The first-order chi connectivity index (χ1) is 5.15. The zero-order valence-electron chi connectivity index (χ0n) is 5.60. The smallest absolute Gasteiger partial charge is 0.219 e. The molecule has 0 saturated heterocycles. The van der Waals surface area contributed by atoms with Crippen molar-refractivity contribution in [2.75, 3.05) is 0 Å². The number of hydrogen-bond donors (Lipinski definition) is 4. The van der Waals surface area contributed by atoms with Gasteiger partial charge in [0, 0.05) is 0 Å². The van der Waals surface area contributed by atoms with E-state index in [0.29, 0.717) is 0 Å². The molecule has 0 aromatic rings. The molecule has 1 atom stereocenters. The predicted molar refractivity (Wildman–Crippen MR) is 40.4 cm³/mol. The molecule has 0 aliphatic carbocycles. The topological polar surface area (TPSA) is 135 Å². The maximum absolute atomic E-state index is 8.36. The molecule has 1 rings (SSSR count). The minimum Gasteiger partial charge on any atom is -0.410 e. The van der Waals surface area contributed by atoms with E-state index in [-0.39, 0.29) is 17.5 Å². The SMILES string of the molecule is NC1=NC(N)/C(=N\O)C(N)=N1. The first kappa shape index (κ1) is 7.48. The van der Waals surface area contributed by atoms with Gasteiger partial charge in [-0.1, -0.05) is 5.16 Å². The van der Waals surface area contributed by atoms with E-state index < -0.39 is 6.17 Å². The van der Waals surface area contributed by atoms with Crippen LogP contribution in [0.1, 0.15) is 0 Å². The van der Waals surface area contributed by atoms with Crippen molar-refractivity contribution >= 4 is 17.5 Å². The molecule has 0 fully saturated rings. The zero-order chi connectivity index (χ0) is 8.43. The van der Waals surface area contributed by atoms with Crippen LogP contribution in [-0.2, 0) is 0 Å². The van der Waals surface area contributed by atoms with E-state index in [2.05, 4.69) is 15.1 Å². The molecule has 7 nitrogen and oxygen atoms in total. The van der Waals surface area contributed by atoms with E-state index in [1.807, 2.05) is 0 Å². The van der Waals surface area contributed by atoms with Gasteiger partial charge >= 0.3 is 0 Å². The Labute approximate surface area is 62.3 Å². The van der Waals surface area contributed by atoms with Crippen molar-refractivity contribution < 1.29 is 5.21 Å². The largest absolute Gasteiger partial charge is 0.410 e. The molecule has 11 heavy (non-hydrogen) atoms. The number of nitrogens with two attached hydrogens (primary N) is 3. The Morgan fingerprint density at radius 1 is 1.45 bits per heavy atom. The normalized spacial score (nSPS) is 28.1. The molecule has 7 N–H and O–H groups in total. The summed E-state index contributed by atoms with van der Waals surface area (Å²) < 4.78 is 0. The molecule has 60 valence electrons. The molecule has 0 aromatic carbocycles. The molecule has 0 saturated carbocycles. The molecule has 0 amide bonds. The van der Waals surface area contributed by atoms with E-state index in [1.54, 1.807) is 0 Å². The third-order valence-electron chi connectivity index (χ3n) is 1.16. The molecule has 1 aliphatic rings. The first-order valence-corrected chi connectivity index (χ1v) is 2.80. The molecular formula is C4H8N6O. The van der Waals surface area contributed by atoms with Crippen LogP contribution in [0.2, 0.25) is 0 Å². The standard InChI is InChI=1S/C4H8N6O/c5-2-1(10-11)3(6)9-4(7)8-2/h2,11H,5H2,(H4,6,7,8,9)/b10-1+. The monoisotopic (exact) mass is 156 g/mol. The zero-order valence-corrected chi connectivity index (χ0v) is 5.60. The van der Waals surface area contributed by atoms with Crippen molar-refractivity contribution in [2.24, 2.45) is 32.3 Å². The van der Waals surface area contributed by atoms with Gasteiger partial charge < -0.3 is 22.4 Å². The second kappa shape index (κ2) is 2.54. The minimum absolute atomic E-state index is 0.00694. The van der Waals surface area contributed by atoms with Crippen LogP contribution < -0.4 is 17.2 Å². The first-order valence-electron chi connectivity index (χ1n) is 2.80. The number of nitrogens with zero attached hydrogens (tertiary/aromatic N) is 3. The summed E-state index contributed by atoms with van der Waals surface area (Å²) in [5.74, 6) is -0.0186. The highest BCUT2D eigenvalue weighted by molar-refractivity contribution is 6.44. The summed E-state index contributed by atoms with van der Waals surface area (Å²) in [4.78, 5) is 7.14. The number of oxime groups is 1. The third-order valence-corrected chi connectivity index (χ3v) is 1.16. The lowest BCUT2D eigenvalue weighted by atomic mass is 10.2. The van der Waals surface area contributed by atoms with Crippen LogP contribution in [0.3, 0.4) is 0 Å². The van der Waals surface area contributed by atoms with Crippen molar-refractivity contribution in [3.63, 3.8) is 0 Å². The second-order valence-electron chi connectivity index (χ2n) is 1.91. The number of amidine groups is 1. The lowest BCUT2D eigenvalue weighted by Crippen LogP contribution is -2.44. The molecule has 0 spiro atoms.